The van der Waals surface area contributed by atoms with Crippen LogP contribution in [0.25, 0.3) is 0 Å². The fourth-order valence-electron chi connectivity index (χ4n) is 4.18. The number of alkyl halides is 1. The molecule has 4 N–H and O–H groups in total. The highest BCUT2D eigenvalue weighted by Gasteiger charge is 2.26. The molecule has 31 heavy (non-hydrogen) atoms. The maximum absolute atomic E-state index is 14.2. The predicted molar refractivity (Wildman–Crippen MR) is 118 cm³/mol. The van der Waals surface area contributed by atoms with E-state index in [0.717, 1.165) is 36.3 Å². The molecular weight excluding hydrogens is 397 g/mol. The zero-order valence-corrected chi connectivity index (χ0v) is 17.4. The first kappa shape index (κ1) is 21.2. The van der Waals surface area contributed by atoms with Gasteiger partial charge in [-0.2, -0.15) is 0 Å². The Hall–Kier alpha value is -3.00. The van der Waals surface area contributed by atoms with Gasteiger partial charge in [0.2, 0.25) is 5.91 Å². The molecule has 164 valence electrons. The van der Waals surface area contributed by atoms with Crippen molar-refractivity contribution in [1.82, 2.24) is 10.3 Å². The van der Waals surface area contributed by atoms with E-state index in [0.29, 0.717) is 31.5 Å². The summed E-state index contributed by atoms with van der Waals surface area (Å²) in [4.78, 5) is 30.2. The molecule has 3 heterocycles. The van der Waals surface area contributed by atoms with Crippen LogP contribution in [0.2, 0.25) is 0 Å². The number of nitrogens with one attached hydrogen (secondary N) is 2. The number of benzene rings is 1. The summed E-state index contributed by atoms with van der Waals surface area (Å²) in [6.07, 6.45) is 4.16. The van der Waals surface area contributed by atoms with E-state index in [1.165, 1.54) is 6.20 Å². The molecule has 0 radical (unpaired) electrons. The summed E-state index contributed by atoms with van der Waals surface area (Å²) >= 11 is 0. The molecule has 1 aromatic heterocycles. The summed E-state index contributed by atoms with van der Waals surface area (Å²) in [6, 6.07) is 9.28. The Morgan fingerprint density at radius 3 is 2.81 bits per heavy atom. The van der Waals surface area contributed by atoms with Gasteiger partial charge in [0.15, 0.2) is 0 Å². The van der Waals surface area contributed by atoms with Gasteiger partial charge in [-0.3, -0.25) is 14.6 Å². The summed E-state index contributed by atoms with van der Waals surface area (Å²) in [6.45, 7) is 1.76. The molecule has 0 unspecified atom stereocenters. The maximum atomic E-state index is 14.2. The van der Waals surface area contributed by atoms with Gasteiger partial charge in [0.1, 0.15) is 6.17 Å². The Balaban J connectivity index is 1.50. The van der Waals surface area contributed by atoms with Crippen molar-refractivity contribution in [1.29, 1.82) is 0 Å². The zero-order valence-electron chi connectivity index (χ0n) is 17.4. The van der Waals surface area contributed by atoms with Crippen LogP contribution in [0.4, 0.5) is 15.8 Å². The summed E-state index contributed by atoms with van der Waals surface area (Å²) in [7, 11) is 0. The quantitative estimate of drug-likeness (QED) is 0.660. The lowest BCUT2D eigenvalue weighted by atomic mass is 10.0. The number of aromatic nitrogens is 1. The molecule has 2 atom stereocenters. The van der Waals surface area contributed by atoms with Crippen LogP contribution in [0, 0.1) is 0 Å². The lowest BCUT2D eigenvalue weighted by Gasteiger charge is -2.29. The molecule has 8 heteroatoms. The van der Waals surface area contributed by atoms with E-state index in [1.54, 1.807) is 6.07 Å². The molecule has 1 aromatic carbocycles. The van der Waals surface area contributed by atoms with Crippen LogP contribution in [0.5, 0.6) is 0 Å². The number of carbonyl (C=O) groups excluding carboxylic acids is 2. The normalized spacial score (nSPS) is 21.7. The van der Waals surface area contributed by atoms with Crippen LogP contribution in [-0.2, 0) is 11.2 Å². The molecular formula is C23H28FN5O2. The van der Waals surface area contributed by atoms with Crippen molar-refractivity contribution in [2.24, 2.45) is 5.73 Å². The van der Waals surface area contributed by atoms with Crippen molar-refractivity contribution in [3.8, 4) is 0 Å². The molecule has 0 spiro atoms. The Morgan fingerprint density at radius 2 is 2.10 bits per heavy atom. The number of nitrogens with two attached hydrogens (primary N) is 1. The first-order valence-corrected chi connectivity index (χ1v) is 10.8. The standard InChI is InChI=1S/C23H28FN5O2/c24-19-14-26-9-8-20(19)28-21-12-16(27-13-18(21)23(25)31)11-15-4-6-17(7-5-15)29-10-2-1-3-22(29)30/h4-7,12-13,19-20,26H,1-3,8-11,14H2,(H2,25,31)(H,27,28)/t19-,20+/m0/s1. The minimum absolute atomic E-state index is 0.169. The SMILES string of the molecule is NC(=O)c1cnc(Cc2ccc(N3CCCCC3=O)cc2)cc1N[C@@H]1CCNC[C@@H]1F. The van der Waals surface area contributed by atoms with Crippen LogP contribution in [0.1, 0.15) is 47.3 Å². The largest absolute Gasteiger partial charge is 0.379 e. The topological polar surface area (TPSA) is 100 Å². The zero-order chi connectivity index (χ0) is 21.8. The second kappa shape index (κ2) is 9.43. The number of amides is 2. The highest BCUT2D eigenvalue weighted by atomic mass is 19.1. The smallest absolute Gasteiger partial charge is 0.252 e. The minimum Gasteiger partial charge on any atom is -0.379 e. The third kappa shape index (κ3) is 5.02. The van der Waals surface area contributed by atoms with Crippen molar-refractivity contribution in [3.63, 3.8) is 0 Å². The third-order valence-electron chi connectivity index (χ3n) is 5.93. The lowest BCUT2D eigenvalue weighted by molar-refractivity contribution is -0.119. The Bertz CT molecular complexity index is 949. The molecule has 2 aromatic rings. The van der Waals surface area contributed by atoms with E-state index in [4.69, 9.17) is 5.73 Å². The van der Waals surface area contributed by atoms with Gasteiger partial charge in [-0.15, -0.1) is 0 Å². The average Bonchev–Trinajstić information content (AvgIpc) is 2.76. The molecule has 0 saturated carbocycles. The summed E-state index contributed by atoms with van der Waals surface area (Å²) < 4.78 is 14.2. The number of anilines is 2. The molecule has 0 aliphatic carbocycles. The lowest BCUT2D eigenvalue weighted by Crippen LogP contribution is -2.45. The van der Waals surface area contributed by atoms with E-state index in [2.05, 4.69) is 15.6 Å². The molecule has 2 amide bonds. The van der Waals surface area contributed by atoms with Crippen LogP contribution in [0.15, 0.2) is 36.5 Å². The summed E-state index contributed by atoms with van der Waals surface area (Å²) in [5.74, 6) is -0.427. The van der Waals surface area contributed by atoms with Crippen LogP contribution in [-0.4, -0.2) is 48.6 Å². The first-order valence-electron chi connectivity index (χ1n) is 10.8. The molecule has 2 aliphatic heterocycles. The summed E-state index contributed by atoms with van der Waals surface area (Å²) in [5.41, 5.74) is 8.96. The molecule has 2 aliphatic rings. The number of piperidine rings is 2. The fourth-order valence-corrected chi connectivity index (χ4v) is 4.18. The maximum Gasteiger partial charge on any atom is 0.252 e. The Morgan fingerprint density at radius 1 is 1.29 bits per heavy atom. The van der Waals surface area contributed by atoms with Crippen LogP contribution < -0.4 is 21.3 Å². The number of carbonyl (C=O) groups is 2. The van der Waals surface area contributed by atoms with Gasteiger partial charge in [-0.25, -0.2) is 4.39 Å². The van der Waals surface area contributed by atoms with E-state index in [1.807, 2.05) is 29.2 Å². The molecule has 0 bridgehead atoms. The van der Waals surface area contributed by atoms with Crippen LogP contribution in [0.3, 0.4) is 0 Å². The Labute approximate surface area is 181 Å². The third-order valence-corrected chi connectivity index (χ3v) is 5.93. The predicted octanol–water partition coefficient (Wildman–Crippen LogP) is 2.40. The highest BCUT2D eigenvalue weighted by Crippen LogP contribution is 2.24. The number of hydrogen-bond acceptors (Lipinski definition) is 5. The molecule has 2 saturated heterocycles. The van der Waals surface area contributed by atoms with Gasteiger partial charge in [-0.05, 0) is 49.6 Å². The van der Waals surface area contributed by atoms with Gasteiger partial charge in [0, 0.05) is 43.5 Å². The second-order valence-electron chi connectivity index (χ2n) is 8.19. The number of pyridine rings is 1. The van der Waals surface area contributed by atoms with Gasteiger partial charge >= 0.3 is 0 Å². The van der Waals surface area contributed by atoms with Gasteiger partial charge in [0.25, 0.3) is 5.91 Å². The molecule has 2 fully saturated rings. The molecule has 7 nitrogen and oxygen atoms in total. The second-order valence-corrected chi connectivity index (χ2v) is 8.19. The van der Waals surface area contributed by atoms with Crippen LogP contribution >= 0.6 is 0 Å². The number of nitrogens with zero attached hydrogens (tertiary/aromatic N) is 2. The van der Waals surface area contributed by atoms with Crippen molar-refractivity contribution in [2.45, 2.75) is 44.3 Å². The average molecular weight is 426 g/mol. The van der Waals surface area contributed by atoms with E-state index >= 15 is 0 Å². The van der Waals surface area contributed by atoms with Crippen molar-refractivity contribution in [2.75, 3.05) is 29.9 Å². The molecule has 4 rings (SSSR count). The van der Waals surface area contributed by atoms with Crippen molar-refractivity contribution in [3.05, 3.63) is 53.3 Å². The van der Waals surface area contributed by atoms with Gasteiger partial charge in [0.05, 0.1) is 17.3 Å². The monoisotopic (exact) mass is 425 g/mol. The number of rotatable bonds is 6. The van der Waals surface area contributed by atoms with E-state index in [9.17, 15) is 14.0 Å². The highest BCUT2D eigenvalue weighted by molar-refractivity contribution is 5.98. The van der Waals surface area contributed by atoms with Crippen molar-refractivity contribution < 1.29 is 14.0 Å². The fraction of sp³-hybridized carbons (Fsp3) is 0.435. The van der Waals surface area contributed by atoms with E-state index in [-0.39, 0.29) is 24.1 Å². The van der Waals surface area contributed by atoms with Gasteiger partial charge in [-0.1, -0.05) is 12.1 Å². The van der Waals surface area contributed by atoms with Crippen molar-refractivity contribution >= 4 is 23.2 Å². The number of primary amides is 1. The number of hydrogen-bond donors (Lipinski definition) is 3. The Kier molecular flexibility index (Phi) is 6.46. The number of halogens is 1. The minimum atomic E-state index is -1.05. The first-order chi connectivity index (χ1) is 15.0. The van der Waals surface area contributed by atoms with E-state index < -0.39 is 12.1 Å². The van der Waals surface area contributed by atoms with Gasteiger partial charge < -0.3 is 21.3 Å². The summed E-state index contributed by atoms with van der Waals surface area (Å²) in [5, 5.41) is 6.18.